The highest BCUT2D eigenvalue weighted by molar-refractivity contribution is 5.14. The zero-order valence-corrected chi connectivity index (χ0v) is 13.5. The molecule has 1 N–H and O–H groups in total. The van der Waals surface area contributed by atoms with Crippen LogP contribution in [-0.2, 0) is 0 Å². The summed E-state index contributed by atoms with van der Waals surface area (Å²) < 4.78 is 0. The van der Waals surface area contributed by atoms with E-state index in [1.807, 2.05) is 0 Å². The smallest absolute Gasteiger partial charge is 0.0860 e. The molecule has 0 bridgehead atoms. The molecule has 0 spiro atoms. The molecule has 0 saturated heterocycles. The van der Waals surface area contributed by atoms with Crippen LogP contribution in [0.2, 0.25) is 0 Å². The minimum Gasteiger partial charge on any atom is -0.388 e. The van der Waals surface area contributed by atoms with Crippen molar-refractivity contribution < 1.29 is 5.11 Å². The Hall–Kier alpha value is -0.550. The van der Waals surface area contributed by atoms with Gasteiger partial charge in [0.05, 0.1) is 17.1 Å². The van der Waals surface area contributed by atoms with E-state index in [-0.39, 0.29) is 0 Å². The van der Waals surface area contributed by atoms with E-state index in [0.717, 1.165) is 63.2 Å². The first-order valence-corrected chi connectivity index (χ1v) is 8.60. The fourth-order valence-electron chi connectivity index (χ4n) is 4.52. The van der Waals surface area contributed by atoms with Gasteiger partial charge in [-0.05, 0) is 69.1 Å². The third-order valence-electron chi connectivity index (χ3n) is 6.44. The maximum atomic E-state index is 11.2. The van der Waals surface area contributed by atoms with E-state index < -0.39 is 11.0 Å². The second-order valence-electron chi connectivity index (χ2n) is 7.66. The summed E-state index contributed by atoms with van der Waals surface area (Å²) in [6.45, 7) is 6.80. The molecule has 0 aliphatic heterocycles. The summed E-state index contributed by atoms with van der Waals surface area (Å²) in [5, 5.41) is 21.0. The maximum Gasteiger partial charge on any atom is 0.0860 e. The molecule has 0 atom stereocenters. The lowest BCUT2D eigenvalue weighted by molar-refractivity contribution is -0.112. The van der Waals surface area contributed by atoms with Gasteiger partial charge in [-0.25, -0.2) is 0 Å². The second kappa shape index (κ2) is 6.06. The molecule has 0 unspecified atom stereocenters. The number of nitrogens with zero attached hydrogens (tertiary/aromatic N) is 1. The Labute approximate surface area is 124 Å². The van der Waals surface area contributed by atoms with E-state index in [0.29, 0.717) is 5.92 Å². The lowest BCUT2D eigenvalue weighted by Gasteiger charge is -2.50. The highest BCUT2D eigenvalue weighted by Crippen LogP contribution is 2.53. The van der Waals surface area contributed by atoms with Crippen LogP contribution in [0.1, 0.15) is 78.6 Å². The molecule has 114 valence electrons. The zero-order chi connectivity index (χ0) is 14.8. The minimum atomic E-state index is -0.716. The van der Waals surface area contributed by atoms with E-state index in [1.165, 1.54) is 6.42 Å². The SMILES string of the molecule is CCC1CCC(C#N)(C2(O)CCC(C(C)C)CC2)CC1. The van der Waals surface area contributed by atoms with Gasteiger partial charge in [-0.1, -0.05) is 27.2 Å². The molecule has 2 aliphatic rings. The number of hydrogen-bond donors (Lipinski definition) is 1. The van der Waals surface area contributed by atoms with E-state index in [4.69, 9.17) is 0 Å². The average molecular weight is 277 g/mol. The van der Waals surface area contributed by atoms with Crippen LogP contribution in [-0.4, -0.2) is 10.7 Å². The van der Waals surface area contributed by atoms with Crippen molar-refractivity contribution in [3.05, 3.63) is 0 Å². The molecule has 2 nitrogen and oxygen atoms in total. The van der Waals surface area contributed by atoms with Gasteiger partial charge in [-0.3, -0.25) is 0 Å². The highest BCUT2D eigenvalue weighted by Gasteiger charge is 2.53. The Kier molecular flexibility index (Phi) is 4.80. The maximum absolute atomic E-state index is 11.2. The van der Waals surface area contributed by atoms with Crippen LogP contribution in [0.4, 0.5) is 0 Å². The standard InChI is InChI=1S/C18H31NO/c1-4-15-5-9-17(13-19,10-6-15)18(20)11-7-16(8-12-18)14(2)3/h14-16,20H,4-12H2,1-3H3. The van der Waals surface area contributed by atoms with Crippen molar-refractivity contribution >= 4 is 0 Å². The van der Waals surface area contributed by atoms with Crippen LogP contribution in [0.5, 0.6) is 0 Å². The van der Waals surface area contributed by atoms with Crippen LogP contribution in [0.15, 0.2) is 0 Å². The predicted octanol–water partition coefficient (Wildman–Crippen LogP) is 4.67. The largest absolute Gasteiger partial charge is 0.388 e. The Morgan fingerprint density at radius 2 is 1.65 bits per heavy atom. The number of hydrogen-bond acceptors (Lipinski definition) is 2. The van der Waals surface area contributed by atoms with Gasteiger partial charge in [-0.15, -0.1) is 0 Å². The van der Waals surface area contributed by atoms with Crippen molar-refractivity contribution in [1.82, 2.24) is 0 Å². The summed E-state index contributed by atoms with van der Waals surface area (Å²) in [5.74, 6) is 2.21. The molecule has 0 amide bonds. The molecule has 20 heavy (non-hydrogen) atoms. The Morgan fingerprint density at radius 1 is 1.10 bits per heavy atom. The molecule has 2 fully saturated rings. The summed E-state index contributed by atoms with van der Waals surface area (Å²) in [5.41, 5.74) is -1.17. The Bertz CT molecular complexity index is 352. The fourth-order valence-corrected chi connectivity index (χ4v) is 4.52. The van der Waals surface area contributed by atoms with Crippen LogP contribution in [0, 0.1) is 34.5 Å². The first-order chi connectivity index (χ1) is 9.46. The third kappa shape index (κ3) is 2.75. The monoisotopic (exact) mass is 277 g/mol. The minimum absolute atomic E-state index is 0.458. The summed E-state index contributed by atoms with van der Waals surface area (Å²) in [7, 11) is 0. The molecule has 0 heterocycles. The van der Waals surface area contributed by atoms with Gasteiger partial charge in [0.25, 0.3) is 0 Å². The van der Waals surface area contributed by atoms with Gasteiger partial charge >= 0.3 is 0 Å². The van der Waals surface area contributed by atoms with Gasteiger partial charge in [0.1, 0.15) is 0 Å². The van der Waals surface area contributed by atoms with E-state index in [2.05, 4.69) is 26.8 Å². The molecule has 2 rings (SSSR count). The van der Waals surface area contributed by atoms with Gasteiger partial charge in [-0.2, -0.15) is 5.26 Å². The van der Waals surface area contributed by atoms with E-state index >= 15 is 0 Å². The lowest BCUT2D eigenvalue weighted by atomic mass is 9.56. The van der Waals surface area contributed by atoms with Crippen molar-refractivity contribution in [2.75, 3.05) is 0 Å². The summed E-state index contributed by atoms with van der Waals surface area (Å²) >= 11 is 0. The predicted molar refractivity (Wildman–Crippen MR) is 82.0 cm³/mol. The van der Waals surface area contributed by atoms with Crippen molar-refractivity contribution in [1.29, 1.82) is 5.26 Å². The number of aliphatic hydroxyl groups is 1. The summed E-state index contributed by atoms with van der Waals surface area (Å²) in [6, 6.07) is 2.57. The first-order valence-electron chi connectivity index (χ1n) is 8.60. The zero-order valence-electron chi connectivity index (χ0n) is 13.5. The van der Waals surface area contributed by atoms with Crippen molar-refractivity contribution in [2.45, 2.75) is 84.2 Å². The van der Waals surface area contributed by atoms with E-state index in [9.17, 15) is 10.4 Å². The number of rotatable bonds is 3. The van der Waals surface area contributed by atoms with Gasteiger partial charge < -0.3 is 5.11 Å². The van der Waals surface area contributed by atoms with E-state index in [1.54, 1.807) is 0 Å². The van der Waals surface area contributed by atoms with Crippen LogP contribution < -0.4 is 0 Å². The van der Waals surface area contributed by atoms with Gasteiger partial charge in [0, 0.05) is 0 Å². The van der Waals surface area contributed by atoms with Crippen molar-refractivity contribution in [3.8, 4) is 6.07 Å². The normalized spacial score (nSPS) is 42.4. The van der Waals surface area contributed by atoms with Gasteiger partial charge in [0.15, 0.2) is 0 Å². The van der Waals surface area contributed by atoms with Crippen molar-refractivity contribution in [3.63, 3.8) is 0 Å². The lowest BCUT2D eigenvalue weighted by Crippen LogP contribution is -2.51. The van der Waals surface area contributed by atoms with Crippen LogP contribution >= 0.6 is 0 Å². The molecule has 0 aromatic rings. The first kappa shape index (κ1) is 15.8. The molecule has 0 aromatic carbocycles. The molecular formula is C18H31NO. The van der Waals surface area contributed by atoms with Gasteiger partial charge in [0.2, 0.25) is 0 Å². The second-order valence-corrected chi connectivity index (χ2v) is 7.66. The summed E-state index contributed by atoms with van der Waals surface area (Å²) in [4.78, 5) is 0. The quantitative estimate of drug-likeness (QED) is 0.814. The average Bonchev–Trinajstić information content (AvgIpc) is 2.47. The van der Waals surface area contributed by atoms with Crippen LogP contribution in [0.25, 0.3) is 0 Å². The Balaban J connectivity index is 2.07. The fraction of sp³-hybridized carbons (Fsp3) is 0.944. The summed E-state index contributed by atoms with van der Waals surface area (Å²) in [6.07, 6.45) is 9.13. The topological polar surface area (TPSA) is 44.0 Å². The molecule has 0 radical (unpaired) electrons. The molecule has 2 aliphatic carbocycles. The molecular weight excluding hydrogens is 246 g/mol. The van der Waals surface area contributed by atoms with Crippen molar-refractivity contribution in [2.24, 2.45) is 23.2 Å². The molecule has 0 aromatic heterocycles. The third-order valence-corrected chi connectivity index (χ3v) is 6.44. The van der Waals surface area contributed by atoms with Crippen LogP contribution in [0.3, 0.4) is 0 Å². The molecule has 2 heteroatoms. The highest BCUT2D eigenvalue weighted by atomic mass is 16.3. The Morgan fingerprint density at radius 3 is 2.05 bits per heavy atom. The molecule has 2 saturated carbocycles. The number of nitriles is 1.